The number of halogens is 1. The molecule has 224 valence electrons. The van der Waals surface area contributed by atoms with Gasteiger partial charge in [-0.2, -0.15) is 0 Å². The Morgan fingerprint density at radius 3 is 2.44 bits per heavy atom. The minimum Gasteiger partial charge on any atom is -0.478 e. The Morgan fingerprint density at radius 1 is 1.00 bits per heavy atom. The molecule has 1 saturated heterocycles. The predicted octanol–water partition coefficient (Wildman–Crippen LogP) is 8.29. The van der Waals surface area contributed by atoms with E-state index in [1.54, 1.807) is 29.2 Å². The van der Waals surface area contributed by atoms with Crippen molar-refractivity contribution in [3.05, 3.63) is 114 Å². The highest BCUT2D eigenvalue weighted by Gasteiger charge is 2.37. The van der Waals surface area contributed by atoms with Gasteiger partial charge in [0.05, 0.1) is 11.6 Å². The van der Waals surface area contributed by atoms with Crippen LogP contribution in [0.25, 0.3) is 10.8 Å². The van der Waals surface area contributed by atoms with Crippen LogP contribution in [-0.4, -0.2) is 47.3 Å². The number of aromatic carboxylic acids is 1. The number of carboxylic acid groups (broad SMARTS) is 1. The molecule has 0 bridgehead atoms. The maximum absolute atomic E-state index is 15.4. The summed E-state index contributed by atoms with van der Waals surface area (Å²) in [7, 11) is 0. The molecule has 1 amide bonds. The van der Waals surface area contributed by atoms with E-state index >= 15 is 4.39 Å². The lowest BCUT2D eigenvalue weighted by Gasteiger charge is -2.43. The maximum Gasteiger partial charge on any atom is 0.410 e. The molecule has 0 spiro atoms. The number of carboxylic acids is 1. The van der Waals surface area contributed by atoms with Gasteiger partial charge in [0.2, 0.25) is 0 Å². The van der Waals surface area contributed by atoms with Crippen LogP contribution in [0.1, 0.15) is 67.6 Å². The molecule has 4 aromatic rings. The number of carbonyl (C=O) groups is 2. The second-order valence-electron chi connectivity index (χ2n) is 12.4. The van der Waals surface area contributed by atoms with Crippen LogP contribution in [0.15, 0.2) is 91.0 Å². The van der Waals surface area contributed by atoms with Crippen LogP contribution >= 0.6 is 0 Å². The zero-order valence-corrected chi connectivity index (χ0v) is 25.2. The minimum atomic E-state index is -0.988. The maximum atomic E-state index is 15.4. The summed E-state index contributed by atoms with van der Waals surface area (Å²) in [4.78, 5) is 29.4. The normalized spacial score (nSPS) is 17.8. The van der Waals surface area contributed by atoms with Crippen molar-refractivity contribution in [1.29, 1.82) is 0 Å². The molecule has 4 aromatic carbocycles. The zero-order chi connectivity index (χ0) is 30.7. The minimum absolute atomic E-state index is 0.0687. The van der Waals surface area contributed by atoms with Crippen molar-refractivity contribution >= 4 is 28.5 Å². The molecule has 3 atom stereocenters. The van der Waals surface area contributed by atoms with E-state index in [9.17, 15) is 14.7 Å². The Bertz CT molecular complexity index is 1610. The molecule has 1 N–H and O–H groups in total. The van der Waals surface area contributed by atoms with Crippen LogP contribution < -0.4 is 4.90 Å². The molecule has 2 unspecified atom stereocenters. The largest absolute Gasteiger partial charge is 0.478 e. The Morgan fingerprint density at radius 2 is 1.70 bits per heavy atom. The molecule has 43 heavy (non-hydrogen) atoms. The second kappa shape index (κ2) is 12.5. The number of anilines is 1. The van der Waals surface area contributed by atoms with E-state index in [4.69, 9.17) is 4.74 Å². The van der Waals surface area contributed by atoms with Gasteiger partial charge in [0.1, 0.15) is 11.4 Å². The quantitative estimate of drug-likeness (QED) is 0.237. The number of fused-ring (bicyclic) bond motifs is 1. The van der Waals surface area contributed by atoms with Crippen molar-refractivity contribution in [1.82, 2.24) is 4.90 Å². The number of nitrogens with zero attached hydrogens (tertiary/aromatic N) is 2. The van der Waals surface area contributed by atoms with E-state index in [-0.39, 0.29) is 29.3 Å². The second-order valence-corrected chi connectivity index (χ2v) is 12.4. The third-order valence-electron chi connectivity index (χ3n) is 8.32. The number of amides is 1. The first-order chi connectivity index (χ1) is 20.5. The molecule has 6 nitrogen and oxygen atoms in total. The number of benzene rings is 4. The van der Waals surface area contributed by atoms with Crippen LogP contribution in [0.4, 0.5) is 14.9 Å². The summed E-state index contributed by atoms with van der Waals surface area (Å²) >= 11 is 0. The topological polar surface area (TPSA) is 70.1 Å². The molecule has 0 saturated carbocycles. The van der Waals surface area contributed by atoms with Crippen molar-refractivity contribution in [2.45, 2.75) is 51.7 Å². The predicted molar refractivity (Wildman–Crippen MR) is 168 cm³/mol. The number of piperidine rings is 1. The fourth-order valence-corrected chi connectivity index (χ4v) is 6.16. The highest BCUT2D eigenvalue weighted by Crippen LogP contribution is 2.39. The van der Waals surface area contributed by atoms with Gasteiger partial charge in [0.25, 0.3) is 0 Å². The van der Waals surface area contributed by atoms with Crippen LogP contribution in [0.3, 0.4) is 0 Å². The van der Waals surface area contributed by atoms with Crippen molar-refractivity contribution in [3.63, 3.8) is 0 Å². The first-order valence-corrected chi connectivity index (χ1v) is 14.8. The van der Waals surface area contributed by atoms with E-state index < -0.39 is 17.7 Å². The molecule has 7 heteroatoms. The zero-order valence-electron chi connectivity index (χ0n) is 25.2. The van der Waals surface area contributed by atoms with E-state index in [0.717, 1.165) is 22.0 Å². The highest BCUT2D eigenvalue weighted by molar-refractivity contribution is 5.89. The molecule has 1 aliphatic rings. The van der Waals surface area contributed by atoms with Crippen molar-refractivity contribution in [2.24, 2.45) is 5.92 Å². The lowest BCUT2D eigenvalue weighted by molar-refractivity contribution is 0.0120. The Kier molecular flexibility index (Phi) is 8.71. The number of hydrogen-bond donors (Lipinski definition) is 1. The molecule has 1 fully saturated rings. The summed E-state index contributed by atoms with van der Waals surface area (Å²) in [6, 6.07) is 27.6. The SMILES string of the molecule is C[C@H](c1cccc2ccccc12)N(CC1CCN(c2cccc(C(=O)O)c2)CC1c1ccccc1F)C(=O)OC(C)(C)C. The summed E-state index contributed by atoms with van der Waals surface area (Å²) < 4.78 is 21.3. The van der Waals surface area contributed by atoms with E-state index in [0.29, 0.717) is 31.6 Å². The molecular formula is C36H39FN2O4. The first kappa shape index (κ1) is 30.1. The summed E-state index contributed by atoms with van der Waals surface area (Å²) in [6.45, 7) is 9.10. The molecule has 0 aliphatic carbocycles. The average Bonchev–Trinajstić information content (AvgIpc) is 2.98. The van der Waals surface area contributed by atoms with E-state index in [1.165, 1.54) is 6.07 Å². The smallest absolute Gasteiger partial charge is 0.410 e. The third-order valence-corrected chi connectivity index (χ3v) is 8.32. The number of rotatable bonds is 7. The van der Waals surface area contributed by atoms with Crippen molar-refractivity contribution < 1.29 is 23.8 Å². The summed E-state index contributed by atoms with van der Waals surface area (Å²) in [5.41, 5.74) is 1.93. The van der Waals surface area contributed by atoms with Gasteiger partial charge in [0.15, 0.2) is 0 Å². The summed E-state index contributed by atoms with van der Waals surface area (Å²) in [6.07, 6.45) is 0.273. The van der Waals surface area contributed by atoms with Gasteiger partial charge in [-0.1, -0.05) is 66.7 Å². The van der Waals surface area contributed by atoms with Gasteiger partial charge < -0.3 is 19.6 Å². The van der Waals surface area contributed by atoms with Crippen LogP contribution in [0, 0.1) is 11.7 Å². The lowest BCUT2D eigenvalue weighted by atomic mass is 9.79. The van der Waals surface area contributed by atoms with Crippen LogP contribution in [0.2, 0.25) is 0 Å². The van der Waals surface area contributed by atoms with Gasteiger partial charge in [-0.3, -0.25) is 0 Å². The molecule has 1 aliphatic heterocycles. The fraction of sp³-hybridized carbons (Fsp3) is 0.333. The Hall–Kier alpha value is -4.39. The van der Waals surface area contributed by atoms with Crippen molar-refractivity contribution in [3.8, 4) is 0 Å². The van der Waals surface area contributed by atoms with Crippen LogP contribution in [0.5, 0.6) is 0 Å². The monoisotopic (exact) mass is 582 g/mol. The molecule has 0 radical (unpaired) electrons. The van der Waals surface area contributed by atoms with Crippen molar-refractivity contribution in [2.75, 3.05) is 24.5 Å². The Balaban J connectivity index is 1.51. The van der Waals surface area contributed by atoms with Gasteiger partial charge in [-0.05, 0) is 86.2 Å². The lowest BCUT2D eigenvalue weighted by Crippen LogP contribution is -2.47. The van der Waals surface area contributed by atoms with Gasteiger partial charge in [-0.15, -0.1) is 0 Å². The third kappa shape index (κ3) is 6.82. The fourth-order valence-electron chi connectivity index (χ4n) is 6.16. The standard InChI is InChI=1S/C36H39FN2O4/c1-24(29-17-10-12-25-11-5-6-15-30(25)29)39(35(42)43-36(2,3)4)22-27-19-20-38(28-14-9-13-26(21-28)34(40)41)23-32(27)31-16-7-8-18-33(31)37/h5-18,21,24,27,32H,19-20,22-23H2,1-4H3,(H,40,41)/t24-,27?,32?/m1/s1. The Labute approximate surface area is 252 Å². The summed E-state index contributed by atoms with van der Waals surface area (Å²) in [5.74, 6) is -1.59. The number of carbonyl (C=O) groups excluding carboxylic acids is 1. The molecular weight excluding hydrogens is 543 g/mol. The first-order valence-electron chi connectivity index (χ1n) is 14.8. The molecule has 1 heterocycles. The molecule has 5 rings (SSSR count). The van der Waals surface area contributed by atoms with Gasteiger partial charge in [-0.25, -0.2) is 14.0 Å². The van der Waals surface area contributed by atoms with Gasteiger partial charge >= 0.3 is 12.1 Å². The van der Waals surface area contributed by atoms with E-state index in [2.05, 4.69) is 29.2 Å². The highest BCUT2D eigenvalue weighted by atomic mass is 19.1. The van der Waals surface area contributed by atoms with E-state index in [1.807, 2.05) is 64.1 Å². The molecule has 0 aromatic heterocycles. The number of hydrogen-bond acceptors (Lipinski definition) is 4. The number of ether oxygens (including phenoxy) is 1. The average molecular weight is 583 g/mol. The summed E-state index contributed by atoms with van der Waals surface area (Å²) in [5, 5.41) is 11.7. The van der Waals surface area contributed by atoms with Crippen LogP contribution in [-0.2, 0) is 4.74 Å². The van der Waals surface area contributed by atoms with Gasteiger partial charge in [0, 0.05) is 31.2 Å².